The predicted octanol–water partition coefficient (Wildman–Crippen LogP) is 2.33. The van der Waals surface area contributed by atoms with Crippen molar-refractivity contribution in [2.24, 2.45) is 0 Å². The third-order valence-corrected chi connectivity index (χ3v) is 2.76. The van der Waals surface area contributed by atoms with Crippen LogP contribution < -0.4 is 10.1 Å². The second-order valence-electron chi connectivity index (χ2n) is 4.02. The molecule has 0 aliphatic rings. The highest BCUT2D eigenvalue weighted by molar-refractivity contribution is 5.97. The Morgan fingerprint density at radius 1 is 1.16 bits per heavy atom. The first-order chi connectivity index (χ1) is 9.22. The number of amides is 1. The van der Waals surface area contributed by atoms with Crippen LogP contribution in [0.25, 0.3) is 0 Å². The van der Waals surface area contributed by atoms with Gasteiger partial charge in [-0.3, -0.25) is 4.79 Å². The van der Waals surface area contributed by atoms with E-state index in [9.17, 15) is 9.90 Å². The van der Waals surface area contributed by atoms with Crippen LogP contribution in [0.5, 0.6) is 11.5 Å². The van der Waals surface area contributed by atoms with Crippen LogP contribution in [0, 0.1) is 0 Å². The maximum atomic E-state index is 12.0. The number of benzene rings is 2. The number of hydrogen-bond acceptors (Lipinski definition) is 3. The molecule has 0 aliphatic carbocycles. The third kappa shape index (κ3) is 3.04. The molecule has 0 radical (unpaired) electrons. The van der Waals surface area contributed by atoms with E-state index in [2.05, 4.69) is 5.32 Å². The zero-order valence-electron chi connectivity index (χ0n) is 10.6. The van der Waals surface area contributed by atoms with Crippen molar-refractivity contribution in [2.45, 2.75) is 6.54 Å². The third-order valence-electron chi connectivity index (χ3n) is 2.76. The summed E-state index contributed by atoms with van der Waals surface area (Å²) in [6, 6.07) is 14.4. The summed E-state index contributed by atoms with van der Waals surface area (Å²) in [5, 5.41) is 12.6. The fraction of sp³-hybridized carbons (Fsp3) is 0.133. The van der Waals surface area contributed by atoms with Crippen molar-refractivity contribution in [1.29, 1.82) is 0 Å². The summed E-state index contributed by atoms with van der Waals surface area (Å²) < 4.78 is 4.97. The molecule has 0 aliphatic heterocycles. The number of phenols is 1. The summed E-state index contributed by atoms with van der Waals surface area (Å²) in [7, 11) is 1.45. The second kappa shape index (κ2) is 5.91. The number of carbonyl (C=O) groups excluding carboxylic acids is 1. The van der Waals surface area contributed by atoms with Crippen molar-refractivity contribution < 1.29 is 14.6 Å². The minimum atomic E-state index is -0.333. The van der Waals surface area contributed by atoms with Crippen LogP contribution in [0.15, 0.2) is 48.5 Å². The molecule has 4 nitrogen and oxygen atoms in total. The van der Waals surface area contributed by atoms with Crippen LogP contribution in [0.2, 0.25) is 0 Å². The van der Waals surface area contributed by atoms with Gasteiger partial charge < -0.3 is 15.2 Å². The largest absolute Gasteiger partial charge is 0.504 e. The number of ether oxygens (including phenoxy) is 1. The number of aromatic hydroxyl groups is 1. The van der Waals surface area contributed by atoms with E-state index in [1.807, 2.05) is 30.3 Å². The van der Waals surface area contributed by atoms with Gasteiger partial charge in [-0.05, 0) is 17.7 Å². The Morgan fingerprint density at radius 2 is 1.89 bits per heavy atom. The van der Waals surface area contributed by atoms with Crippen molar-refractivity contribution in [2.75, 3.05) is 7.11 Å². The van der Waals surface area contributed by atoms with Gasteiger partial charge in [0.2, 0.25) is 0 Å². The molecule has 0 saturated carbocycles. The molecule has 19 heavy (non-hydrogen) atoms. The zero-order chi connectivity index (χ0) is 13.7. The summed E-state index contributed by atoms with van der Waals surface area (Å²) >= 11 is 0. The molecule has 0 heterocycles. The second-order valence-corrected chi connectivity index (χ2v) is 4.02. The Labute approximate surface area is 111 Å². The van der Waals surface area contributed by atoms with Crippen LogP contribution >= 0.6 is 0 Å². The molecule has 0 unspecified atom stereocenters. The van der Waals surface area contributed by atoms with E-state index in [-0.39, 0.29) is 23.0 Å². The standard InChI is InChI=1S/C15H15NO3/c1-19-13-9-5-8-12(14(13)17)15(18)16-10-11-6-3-2-4-7-11/h2-9,17H,10H2,1H3,(H,16,18). The lowest BCUT2D eigenvalue weighted by Gasteiger charge is -2.09. The van der Waals surface area contributed by atoms with Gasteiger partial charge in [0, 0.05) is 6.54 Å². The highest BCUT2D eigenvalue weighted by Crippen LogP contribution is 2.29. The average molecular weight is 257 g/mol. The Morgan fingerprint density at radius 3 is 2.58 bits per heavy atom. The molecule has 4 heteroatoms. The lowest BCUT2D eigenvalue weighted by Crippen LogP contribution is -2.22. The predicted molar refractivity (Wildman–Crippen MR) is 72.3 cm³/mol. The molecule has 0 spiro atoms. The summed E-state index contributed by atoms with van der Waals surface area (Å²) in [6.07, 6.45) is 0. The van der Waals surface area contributed by atoms with Gasteiger partial charge in [0.1, 0.15) is 0 Å². The van der Waals surface area contributed by atoms with Gasteiger partial charge in [-0.1, -0.05) is 36.4 Å². The fourth-order valence-corrected chi connectivity index (χ4v) is 1.74. The average Bonchev–Trinajstić information content (AvgIpc) is 2.46. The van der Waals surface area contributed by atoms with E-state index in [0.29, 0.717) is 6.54 Å². The van der Waals surface area contributed by atoms with Crippen molar-refractivity contribution in [1.82, 2.24) is 5.32 Å². The Hall–Kier alpha value is -2.49. The normalized spacial score (nSPS) is 9.95. The number of methoxy groups -OCH3 is 1. The highest BCUT2D eigenvalue weighted by atomic mass is 16.5. The van der Waals surface area contributed by atoms with Gasteiger partial charge >= 0.3 is 0 Å². The number of hydrogen-bond donors (Lipinski definition) is 2. The minimum Gasteiger partial charge on any atom is -0.504 e. The van der Waals surface area contributed by atoms with Crippen LogP contribution in [0.4, 0.5) is 0 Å². The highest BCUT2D eigenvalue weighted by Gasteiger charge is 2.14. The van der Waals surface area contributed by atoms with Crippen LogP contribution in [-0.4, -0.2) is 18.1 Å². The first kappa shape index (κ1) is 13.0. The summed E-state index contributed by atoms with van der Waals surface area (Å²) in [5.41, 5.74) is 1.20. The van der Waals surface area contributed by atoms with Crippen molar-refractivity contribution in [3.8, 4) is 11.5 Å². The quantitative estimate of drug-likeness (QED) is 0.883. The number of carbonyl (C=O) groups is 1. The van der Waals surface area contributed by atoms with E-state index < -0.39 is 0 Å². The minimum absolute atomic E-state index is 0.143. The maximum Gasteiger partial charge on any atom is 0.255 e. The first-order valence-electron chi connectivity index (χ1n) is 5.90. The van der Waals surface area contributed by atoms with E-state index in [0.717, 1.165) is 5.56 Å². The summed E-state index contributed by atoms with van der Waals surface area (Å²) in [6.45, 7) is 0.413. The smallest absolute Gasteiger partial charge is 0.255 e. The number of phenolic OH excluding ortho intramolecular Hbond substituents is 1. The molecule has 0 saturated heterocycles. The lowest BCUT2D eigenvalue weighted by atomic mass is 10.1. The monoisotopic (exact) mass is 257 g/mol. The Kier molecular flexibility index (Phi) is 4.03. The Balaban J connectivity index is 2.08. The number of para-hydroxylation sites is 1. The van der Waals surface area contributed by atoms with Crippen molar-refractivity contribution in [3.05, 3.63) is 59.7 Å². The van der Waals surface area contributed by atoms with Gasteiger partial charge in [-0.15, -0.1) is 0 Å². The number of nitrogens with one attached hydrogen (secondary N) is 1. The van der Waals surface area contributed by atoms with Gasteiger partial charge in [-0.2, -0.15) is 0 Å². The first-order valence-corrected chi connectivity index (χ1v) is 5.90. The molecule has 0 fully saturated rings. The van der Waals surface area contributed by atoms with Gasteiger partial charge in [-0.25, -0.2) is 0 Å². The van der Waals surface area contributed by atoms with Crippen molar-refractivity contribution >= 4 is 5.91 Å². The molecule has 98 valence electrons. The maximum absolute atomic E-state index is 12.0. The van der Waals surface area contributed by atoms with E-state index >= 15 is 0 Å². The van der Waals surface area contributed by atoms with E-state index in [1.165, 1.54) is 7.11 Å². The van der Waals surface area contributed by atoms with Gasteiger partial charge in [0.25, 0.3) is 5.91 Å². The molecule has 2 aromatic carbocycles. The lowest BCUT2D eigenvalue weighted by molar-refractivity contribution is 0.0947. The molecule has 0 bridgehead atoms. The van der Waals surface area contributed by atoms with Crippen molar-refractivity contribution in [3.63, 3.8) is 0 Å². The summed E-state index contributed by atoms with van der Waals surface area (Å²) in [4.78, 5) is 12.0. The van der Waals surface area contributed by atoms with Crippen LogP contribution in [-0.2, 0) is 6.54 Å². The molecular formula is C15H15NO3. The van der Waals surface area contributed by atoms with Gasteiger partial charge in [0.05, 0.1) is 12.7 Å². The molecule has 2 N–H and O–H groups in total. The number of rotatable bonds is 4. The molecule has 0 atom stereocenters. The Bertz CT molecular complexity index is 567. The SMILES string of the molecule is COc1cccc(C(=O)NCc2ccccc2)c1O. The molecular weight excluding hydrogens is 242 g/mol. The van der Waals surface area contributed by atoms with E-state index in [1.54, 1.807) is 18.2 Å². The topological polar surface area (TPSA) is 58.6 Å². The summed E-state index contributed by atoms with van der Waals surface area (Å²) in [5.74, 6) is -0.192. The molecule has 2 aromatic rings. The van der Waals surface area contributed by atoms with Gasteiger partial charge in [0.15, 0.2) is 11.5 Å². The molecule has 1 amide bonds. The van der Waals surface area contributed by atoms with Crippen LogP contribution in [0.3, 0.4) is 0 Å². The molecule has 2 rings (SSSR count). The van der Waals surface area contributed by atoms with E-state index in [4.69, 9.17) is 4.74 Å². The van der Waals surface area contributed by atoms with Crippen LogP contribution in [0.1, 0.15) is 15.9 Å². The zero-order valence-corrected chi connectivity index (χ0v) is 10.6. The fourth-order valence-electron chi connectivity index (χ4n) is 1.74. The molecule has 0 aromatic heterocycles.